The summed E-state index contributed by atoms with van der Waals surface area (Å²) in [5.74, 6) is -2.55. The molecule has 102 valence electrons. The van der Waals surface area contributed by atoms with Crippen LogP contribution in [-0.2, 0) is 16.1 Å². The number of carbonyl (C=O) groups excluding carboxylic acids is 1. The molecule has 0 aliphatic heterocycles. The second kappa shape index (κ2) is 5.38. The molecule has 2 unspecified atom stereocenters. The van der Waals surface area contributed by atoms with Gasteiger partial charge in [-0.05, 0) is 18.9 Å². The van der Waals surface area contributed by atoms with Crippen LogP contribution < -0.4 is 0 Å². The van der Waals surface area contributed by atoms with Gasteiger partial charge in [0.2, 0.25) is 5.91 Å². The molecule has 0 heterocycles. The van der Waals surface area contributed by atoms with Gasteiger partial charge in [-0.1, -0.05) is 18.2 Å². The third-order valence-electron chi connectivity index (χ3n) is 3.65. The molecular weight excluding hydrogens is 249 g/mol. The minimum Gasteiger partial charge on any atom is -0.481 e. The van der Waals surface area contributed by atoms with Crippen LogP contribution in [-0.4, -0.2) is 28.9 Å². The van der Waals surface area contributed by atoms with Gasteiger partial charge < -0.3 is 10.0 Å². The molecule has 1 aliphatic carbocycles. The molecule has 1 aromatic rings. The average Bonchev–Trinajstić information content (AvgIpc) is 2.29. The number of carbonyl (C=O) groups is 2. The van der Waals surface area contributed by atoms with Crippen LogP contribution in [0.5, 0.6) is 0 Å². The second-order valence-corrected chi connectivity index (χ2v) is 4.91. The third-order valence-corrected chi connectivity index (χ3v) is 3.65. The van der Waals surface area contributed by atoms with E-state index in [0.29, 0.717) is 18.4 Å². The Morgan fingerprint density at radius 3 is 2.47 bits per heavy atom. The fourth-order valence-corrected chi connectivity index (χ4v) is 2.33. The molecule has 2 atom stereocenters. The maximum atomic E-state index is 13.5. The first kappa shape index (κ1) is 13.5. The molecule has 0 bridgehead atoms. The van der Waals surface area contributed by atoms with Crippen molar-refractivity contribution in [1.82, 2.24) is 4.90 Å². The lowest BCUT2D eigenvalue weighted by Crippen LogP contribution is -2.44. The molecule has 19 heavy (non-hydrogen) atoms. The lowest BCUT2D eigenvalue weighted by Gasteiger charge is -2.35. The fraction of sp³-hybridized carbons (Fsp3) is 0.429. The van der Waals surface area contributed by atoms with Crippen LogP contribution in [0.25, 0.3) is 0 Å². The van der Waals surface area contributed by atoms with Gasteiger partial charge in [-0.2, -0.15) is 0 Å². The van der Waals surface area contributed by atoms with Gasteiger partial charge in [0.1, 0.15) is 5.82 Å². The van der Waals surface area contributed by atoms with Crippen molar-refractivity contribution in [3.05, 3.63) is 35.6 Å². The molecule has 5 heteroatoms. The standard InChI is InChI=1S/C14H16FNO3/c1-16(8-9-4-2-3-5-12(9)15)13(17)10-6-7-11(10)14(18)19/h2-5,10-11H,6-8H2,1H3,(H,18,19). The fourth-order valence-electron chi connectivity index (χ4n) is 2.33. The number of halogens is 1. The van der Waals surface area contributed by atoms with Gasteiger partial charge in [0, 0.05) is 19.2 Å². The molecule has 0 radical (unpaired) electrons. The van der Waals surface area contributed by atoms with E-state index in [1.54, 1.807) is 25.2 Å². The van der Waals surface area contributed by atoms with Gasteiger partial charge in [0.15, 0.2) is 0 Å². The first-order valence-corrected chi connectivity index (χ1v) is 6.22. The van der Waals surface area contributed by atoms with Crippen LogP contribution in [0.2, 0.25) is 0 Å². The van der Waals surface area contributed by atoms with E-state index in [1.165, 1.54) is 11.0 Å². The van der Waals surface area contributed by atoms with E-state index in [-0.39, 0.29) is 18.3 Å². The minimum absolute atomic E-state index is 0.161. The first-order valence-electron chi connectivity index (χ1n) is 6.22. The van der Waals surface area contributed by atoms with E-state index in [4.69, 9.17) is 5.11 Å². The monoisotopic (exact) mass is 265 g/mol. The molecule has 1 saturated carbocycles. The quantitative estimate of drug-likeness (QED) is 0.904. The summed E-state index contributed by atoms with van der Waals surface area (Å²) in [6.45, 7) is 0.161. The molecule has 2 rings (SSSR count). The highest BCUT2D eigenvalue weighted by molar-refractivity contribution is 5.86. The smallest absolute Gasteiger partial charge is 0.307 e. The van der Waals surface area contributed by atoms with Crippen molar-refractivity contribution in [2.45, 2.75) is 19.4 Å². The minimum atomic E-state index is -0.927. The molecule has 4 nitrogen and oxygen atoms in total. The first-order chi connectivity index (χ1) is 9.00. The van der Waals surface area contributed by atoms with Crippen molar-refractivity contribution in [2.75, 3.05) is 7.05 Å². The van der Waals surface area contributed by atoms with Crippen molar-refractivity contribution in [1.29, 1.82) is 0 Å². The number of carboxylic acids is 1. The number of hydrogen-bond donors (Lipinski definition) is 1. The average molecular weight is 265 g/mol. The van der Waals surface area contributed by atoms with E-state index in [9.17, 15) is 14.0 Å². The van der Waals surface area contributed by atoms with Crippen LogP contribution in [0.1, 0.15) is 18.4 Å². The Kier molecular flexibility index (Phi) is 3.83. The van der Waals surface area contributed by atoms with E-state index in [2.05, 4.69) is 0 Å². The van der Waals surface area contributed by atoms with E-state index in [1.807, 2.05) is 0 Å². The molecule has 0 aromatic heterocycles. The van der Waals surface area contributed by atoms with Crippen molar-refractivity contribution in [2.24, 2.45) is 11.8 Å². The summed E-state index contributed by atoms with van der Waals surface area (Å²) in [5, 5.41) is 8.94. The molecule has 1 fully saturated rings. The van der Waals surface area contributed by atoms with Crippen LogP contribution in [0, 0.1) is 17.7 Å². The largest absolute Gasteiger partial charge is 0.481 e. The maximum absolute atomic E-state index is 13.5. The number of benzene rings is 1. The van der Waals surface area contributed by atoms with Gasteiger partial charge in [-0.15, -0.1) is 0 Å². The summed E-state index contributed by atoms with van der Waals surface area (Å²) in [6.07, 6.45) is 1.14. The van der Waals surface area contributed by atoms with Gasteiger partial charge in [0.05, 0.1) is 11.8 Å². The Bertz CT molecular complexity index is 503. The van der Waals surface area contributed by atoms with E-state index < -0.39 is 17.8 Å². The Balaban J connectivity index is 2.01. The number of amides is 1. The van der Waals surface area contributed by atoms with Gasteiger partial charge in [0.25, 0.3) is 0 Å². The lowest BCUT2D eigenvalue weighted by molar-refractivity contribution is -0.156. The molecule has 1 aromatic carbocycles. The Hall–Kier alpha value is -1.91. The van der Waals surface area contributed by atoms with Crippen LogP contribution >= 0.6 is 0 Å². The lowest BCUT2D eigenvalue weighted by atomic mass is 9.73. The highest BCUT2D eigenvalue weighted by Crippen LogP contribution is 2.35. The van der Waals surface area contributed by atoms with E-state index in [0.717, 1.165) is 0 Å². The molecule has 0 spiro atoms. The summed E-state index contributed by atoms with van der Waals surface area (Å²) in [4.78, 5) is 24.4. The number of nitrogens with zero attached hydrogens (tertiary/aromatic N) is 1. The molecular formula is C14H16FNO3. The zero-order valence-electron chi connectivity index (χ0n) is 10.7. The van der Waals surface area contributed by atoms with Crippen molar-refractivity contribution in [3.63, 3.8) is 0 Å². The molecule has 1 amide bonds. The van der Waals surface area contributed by atoms with Gasteiger partial charge >= 0.3 is 5.97 Å². The van der Waals surface area contributed by atoms with Gasteiger partial charge in [-0.3, -0.25) is 9.59 Å². The van der Waals surface area contributed by atoms with E-state index >= 15 is 0 Å². The number of aliphatic carboxylic acids is 1. The molecule has 1 N–H and O–H groups in total. The molecule has 1 aliphatic rings. The van der Waals surface area contributed by atoms with Crippen LogP contribution in [0.4, 0.5) is 4.39 Å². The summed E-state index contributed by atoms with van der Waals surface area (Å²) >= 11 is 0. The van der Waals surface area contributed by atoms with Gasteiger partial charge in [-0.25, -0.2) is 4.39 Å². The maximum Gasteiger partial charge on any atom is 0.307 e. The molecule has 0 saturated heterocycles. The predicted octanol–water partition coefficient (Wildman–Crippen LogP) is 1.89. The van der Waals surface area contributed by atoms with Crippen LogP contribution in [0.15, 0.2) is 24.3 Å². The Morgan fingerprint density at radius 1 is 1.32 bits per heavy atom. The summed E-state index contributed by atoms with van der Waals surface area (Å²) in [6, 6.07) is 6.26. The third kappa shape index (κ3) is 2.75. The highest BCUT2D eigenvalue weighted by Gasteiger charge is 2.42. The topological polar surface area (TPSA) is 57.6 Å². The van der Waals surface area contributed by atoms with Crippen molar-refractivity contribution < 1.29 is 19.1 Å². The Morgan fingerprint density at radius 2 is 1.95 bits per heavy atom. The number of rotatable bonds is 4. The summed E-state index contributed by atoms with van der Waals surface area (Å²) < 4.78 is 13.5. The normalized spacial score (nSPS) is 21.6. The number of hydrogen-bond acceptors (Lipinski definition) is 2. The van der Waals surface area contributed by atoms with Crippen molar-refractivity contribution >= 4 is 11.9 Å². The van der Waals surface area contributed by atoms with Crippen LogP contribution in [0.3, 0.4) is 0 Å². The highest BCUT2D eigenvalue weighted by atomic mass is 19.1. The zero-order chi connectivity index (χ0) is 14.0. The predicted molar refractivity (Wildman–Crippen MR) is 66.7 cm³/mol. The number of carboxylic acid groups (broad SMARTS) is 1. The second-order valence-electron chi connectivity index (χ2n) is 4.91. The SMILES string of the molecule is CN(Cc1ccccc1F)C(=O)C1CCC1C(=O)O. The Labute approximate surface area is 110 Å². The zero-order valence-corrected chi connectivity index (χ0v) is 10.7. The summed E-state index contributed by atoms with van der Waals surface area (Å²) in [7, 11) is 1.58. The summed E-state index contributed by atoms with van der Waals surface area (Å²) in [5.41, 5.74) is 0.435. The van der Waals surface area contributed by atoms with Crippen molar-refractivity contribution in [3.8, 4) is 0 Å².